The van der Waals surface area contributed by atoms with E-state index in [1.807, 2.05) is 24.3 Å². The smallest absolute Gasteiger partial charge is 0.134 e. The standard InChI is InChI=1S/C16H20N2O2/c17-9-12-10-18-15-7-2-1-6-14(15)16(12)20-11-13-5-3-4-8-19-13/h1-2,6-7,10,13H,3-5,8-9,11,17H2. The van der Waals surface area contributed by atoms with Crippen LogP contribution in [0.4, 0.5) is 0 Å². The average molecular weight is 272 g/mol. The summed E-state index contributed by atoms with van der Waals surface area (Å²) in [6, 6.07) is 7.98. The molecule has 3 rings (SSSR count). The number of aromatic nitrogens is 1. The van der Waals surface area contributed by atoms with Gasteiger partial charge in [0.15, 0.2) is 0 Å². The van der Waals surface area contributed by atoms with Gasteiger partial charge in [0.1, 0.15) is 12.4 Å². The first-order chi connectivity index (χ1) is 9.88. The maximum atomic E-state index is 6.04. The van der Waals surface area contributed by atoms with E-state index in [-0.39, 0.29) is 6.10 Å². The molecule has 1 saturated heterocycles. The molecule has 0 spiro atoms. The zero-order valence-electron chi connectivity index (χ0n) is 11.5. The molecule has 4 nitrogen and oxygen atoms in total. The molecule has 2 aromatic rings. The van der Waals surface area contributed by atoms with Crippen molar-refractivity contribution >= 4 is 10.9 Å². The first-order valence-electron chi connectivity index (χ1n) is 7.19. The van der Waals surface area contributed by atoms with Crippen LogP contribution in [0.2, 0.25) is 0 Å². The molecule has 1 fully saturated rings. The Morgan fingerprint density at radius 1 is 1.30 bits per heavy atom. The summed E-state index contributed by atoms with van der Waals surface area (Å²) in [6.07, 6.45) is 5.44. The Hall–Kier alpha value is -1.65. The lowest BCUT2D eigenvalue weighted by molar-refractivity contribution is -0.0109. The summed E-state index contributed by atoms with van der Waals surface area (Å²) in [7, 11) is 0. The normalized spacial score (nSPS) is 19.1. The summed E-state index contributed by atoms with van der Waals surface area (Å²) < 4.78 is 11.7. The van der Waals surface area contributed by atoms with Crippen LogP contribution >= 0.6 is 0 Å². The molecule has 0 radical (unpaired) electrons. The second kappa shape index (κ2) is 6.20. The molecule has 2 heterocycles. The molecule has 0 bridgehead atoms. The van der Waals surface area contributed by atoms with Crippen LogP contribution in [0, 0.1) is 0 Å². The van der Waals surface area contributed by atoms with Crippen LogP contribution in [0.1, 0.15) is 24.8 Å². The van der Waals surface area contributed by atoms with Crippen LogP contribution in [0.15, 0.2) is 30.5 Å². The van der Waals surface area contributed by atoms with E-state index in [4.69, 9.17) is 15.2 Å². The van der Waals surface area contributed by atoms with Crippen molar-refractivity contribution in [2.45, 2.75) is 31.9 Å². The molecular formula is C16H20N2O2. The van der Waals surface area contributed by atoms with E-state index >= 15 is 0 Å². The van der Waals surface area contributed by atoms with Crippen molar-refractivity contribution in [1.29, 1.82) is 0 Å². The first kappa shape index (κ1) is 13.3. The SMILES string of the molecule is NCc1cnc2ccccc2c1OCC1CCCCO1. The summed E-state index contributed by atoms with van der Waals surface area (Å²) in [5, 5.41) is 1.02. The minimum absolute atomic E-state index is 0.196. The number of para-hydroxylation sites is 1. The maximum absolute atomic E-state index is 6.04. The average Bonchev–Trinajstić information content (AvgIpc) is 2.53. The monoisotopic (exact) mass is 272 g/mol. The van der Waals surface area contributed by atoms with Crippen molar-refractivity contribution in [3.63, 3.8) is 0 Å². The Morgan fingerprint density at radius 3 is 3.00 bits per heavy atom. The Labute approximate surface area is 118 Å². The lowest BCUT2D eigenvalue weighted by Gasteiger charge is -2.23. The lowest BCUT2D eigenvalue weighted by atomic mass is 10.1. The van der Waals surface area contributed by atoms with Gasteiger partial charge in [-0.2, -0.15) is 0 Å². The topological polar surface area (TPSA) is 57.4 Å². The van der Waals surface area contributed by atoms with Gasteiger partial charge in [0.05, 0.1) is 11.6 Å². The van der Waals surface area contributed by atoms with Gasteiger partial charge in [-0.05, 0) is 31.4 Å². The molecule has 4 heteroatoms. The van der Waals surface area contributed by atoms with Crippen molar-refractivity contribution in [2.24, 2.45) is 5.73 Å². The molecule has 0 amide bonds. The molecular weight excluding hydrogens is 252 g/mol. The highest BCUT2D eigenvalue weighted by Crippen LogP contribution is 2.28. The number of ether oxygens (including phenoxy) is 2. The highest BCUT2D eigenvalue weighted by atomic mass is 16.5. The summed E-state index contributed by atoms with van der Waals surface area (Å²) >= 11 is 0. The van der Waals surface area contributed by atoms with Crippen molar-refractivity contribution < 1.29 is 9.47 Å². The van der Waals surface area contributed by atoms with Crippen molar-refractivity contribution in [3.8, 4) is 5.75 Å². The van der Waals surface area contributed by atoms with E-state index in [1.165, 1.54) is 6.42 Å². The molecule has 1 aliphatic rings. The van der Waals surface area contributed by atoms with Crippen molar-refractivity contribution in [1.82, 2.24) is 4.98 Å². The van der Waals surface area contributed by atoms with Crippen LogP contribution in [-0.2, 0) is 11.3 Å². The molecule has 1 unspecified atom stereocenters. The third kappa shape index (κ3) is 2.76. The predicted octanol–water partition coefficient (Wildman–Crippen LogP) is 2.64. The largest absolute Gasteiger partial charge is 0.490 e. The van der Waals surface area contributed by atoms with Crippen LogP contribution < -0.4 is 10.5 Å². The fourth-order valence-electron chi connectivity index (χ4n) is 2.59. The fraction of sp³-hybridized carbons (Fsp3) is 0.438. The number of nitrogens with zero attached hydrogens (tertiary/aromatic N) is 1. The second-order valence-corrected chi connectivity index (χ2v) is 5.13. The van der Waals surface area contributed by atoms with Crippen molar-refractivity contribution in [3.05, 3.63) is 36.0 Å². The van der Waals surface area contributed by atoms with Gasteiger partial charge in [-0.25, -0.2) is 0 Å². The number of benzene rings is 1. The molecule has 1 atom stereocenters. The van der Waals surface area contributed by atoms with Crippen LogP contribution in [0.25, 0.3) is 10.9 Å². The Balaban J connectivity index is 1.84. The number of hydrogen-bond donors (Lipinski definition) is 1. The lowest BCUT2D eigenvalue weighted by Crippen LogP contribution is -2.26. The van der Waals surface area contributed by atoms with Gasteiger partial charge < -0.3 is 15.2 Å². The summed E-state index contributed by atoms with van der Waals surface area (Å²) in [4.78, 5) is 4.42. The minimum Gasteiger partial charge on any atom is -0.490 e. The van der Waals surface area contributed by atoms with Gasteiger partial charge in [-0.15, -0.1) is 0 Å². The summed E-state index contributed by atoms with van der Waals surface area (Å²) in [5.41, 5.74) is 7.68. The third-order valence-electron chi connectivity index (χ3n) is 3.71. The molecule has 1 aromatic heterocycles. The number of rotatable bonds is 4. The van der Waals surface area contributed by atoms with E-state index < -0.39 is 0 Å². The number of pyridine rings is 1. The highest BCUT2D eigenvalue weighted by Gasteiger charge is 2.16. The molecule has 1 aliphatic heterocycles. The Bertz CT molecular complexity index is 580. The molecule has 106 valence electrons. The predicted molar refractivity (Wildman–Crippen MR) is 78.7 cm³/mol. The van der Waals surface area contributed by atoms with Gasteiger partial charge in [-0.3, -0.25) is 4.98 Å². The molecule has 20 heavy (non-hydrogen) atoms. The minimum atomic E-state index is 0.196. The maximum Gasteiger partial charge on any atom is 0.134 e. The molecule has 1 aromatic carbocycles. The quantitative estimate of drug-likeness (QED) is 0.929. The van der Waals surface area contributed by atoms with Crippen LogP contribution in [-0.4, -0.2) is 24.3 Å². The summed E-state index contributed by atoms with van der Waals surface area (Å²) in [6.45, 7) is 1.86. The number of nitrogens with two attached hydrogens (primary N) is 1. The first-order valence-corrected chi connectivity index (χ1v) is 7.19. The highest BCUT2D eigenvalue weighted by molar-refractivity contribution is 5.86. The van der Waals surface area contributed by atoms with E-state index in [0.717, 1.165) is 41.7 Å². The van der Waals surface area contributed by atoms with Crippen LogP contribution in [0.5, 0.6) is 5.75 Å². The number of hydrogen-bond acceptors (Lipinski definition) is 4. The Kier molecular flexibility index (Phi) is 4.14. The summed E-state index contributed by atoms with van der Waals surface area (Å²) in [5.74, 6) is 0.854. The molecule has 2 N–H and O–H groups in total. The van der Waals surface area contributed by atoms with Crippen LogP contribution in [0.3, 0.4) is 0 Å². The van der Waals surface area contributed by atoms with E-state index in [2.05, 4.69) is 4.98 Å². The van der Waals surface area contributed by atoms with E-state index in [0.29, 0.717) is 13.2 Å². The van der Waals surface area contributed by atoms with Gasteiger partial charge >= 0.3 is 0 Å². The zero-order chi connectivity index (χ0) is 13.8. The van der Waals surface area contributed by atoms with Gasteiger partial charge in [0.25, 0.3) is 0 Å². The zero-order valence-corrected chi connectivity index (χ0v) is 11.5. The number of fused-ring (bicyclic) bond motifs is 1. The Morgan fingerprint density at radius 2 is 2.20 bits per heavy atom. The van der Waals surface area contributed by atoms with Crippen molar-refractivity contribution in [2.75, 3.05) is 13.2 Å². The molecule has 0 aliphatic carbocycles. The fourth-order valence-corrected chi connectivity index (χ4v) is 2.59. The van der Waals surface area contributed by atoms with Gasteiger partial charge in [0, 0.05) is 30.3 Å². The van der Waals surface area contributed by atoms with E-state index in [9.17, 15) is 0 Å². The van der Waals surface area contributed by atoms with Gasteiger partial charge in [0.2, 0.25) is 0 Å². The third-order valence-corrected chi connectivity index (χ3v) is 3.71. The molecule has 0 saturated carbocycles. The van der Waals surface area contributed by atoms with Gasteiger partial charge in [-0.1, -0.05) is 12.1 Å². The second-order valence-electron chi connectivity index (χ2n) is 5.13. The van der Waals surface area contributed by atoms with E-state index in [1.54, 1.807) is 6.20 Å².